The van der Waals surface area contributed by atoms with E-state index in [2.05, 4.69) is 41.1 Å². The third-order valence-corrected chi connectivity index (χ3v) is 3.46. The number of rotatable bonds is 8. The van der Waals surface area contributed by atoms with Crippen molar-refractivity contribution < 1.29 is 4.74 Å². The molecule has 1 aromatic rings. The number of likely N-dealkylation sites (N-methyl/N-ethyl adjacent to an activating group) is 1. The van der Waals surface area contributed by atoms with Crippen molar-refractivity contribution in [2.45, 2.75) is 39.2 Å². The zero-order chi connectivity index (χ0) is 13.7. The van der Waals surface area contributed by atoms with Crippen LogP contribution >= 0.6 is 0 Å². The molecule has 0 amide bonds. The third-order valence-electron chi connectivity index (χ3n) is 3.46. The molecule has 5 heteroatoms. The Hall–Kier alpha value is -1.36. The van der Waals surface area contributed by atoms with Gasteiger partial charge in [-0.05, 0) is 33.2 Å². The maximum Gasteiger partial charge on any atom is 0.221 e. The molecule has 0 radical (unpaired) electrons. The smallest absolute Gasteiger partial charge is 0.221 e. The molecule has 1 aliphatic rings. The lowest BCUT2D eigenvalue weighted by atomic mass is 10.2. The first-order valence-electron chi connectivity index (χ1n) is 7.17. The summed E-state index contributed by atoms with van der Waals surface area (Å²) in [6.45, 7) is 6.65. The third kappa shape index (κ3) is 3.80. The summed E-state index contributed by atoms with van der Waals surface area (Å²) >= 11 is 0. The monoisotopic (exact) mass is 264 g/mol. The van der Waals surface area contributed by atoms with Crippen LogP contribution in [-0.4, -0.2) is 47.7 Å². The van der Waals surface area contributed by atoms with Crippen molar-refractivity contribution in [3.8, 4) is 5.88 Å². The second-order valence-corrected chi connectivity index (χ2v) is 4.95. The largest absolute Gasteiger partial charge is 0.476 e. The fourth-order valence-electron chi connectivity index (χ4n) is 2.14. The summed E-state index contributed by atoms with van der Waals surface area (Å²) in [4.78, 5) is 10.9. The Kier molecular flexibility index (Phi) is 4.96. The van der Waals surface area contributed by atoms with Gasteiger partial charge in [0, 0.05) is 19.1 Å². The number of ether oxygens (including phenoxy) is 1. The Morgan fingerprint density at radius 1 is 1.37 bits per heavy atom. The minimum absolute atomic E-state index is 0.683. The van der Waals surface area contributed by atoms with E-state index in [0.717, 1.165) is 42.8 Å². The molecule has 0 atom stereocenters. The zero-order valence-corrected chi connectivity index (χ0v) is 12.1. The van der Waals surface area contributed by atoms with Crippen molar-refractivity contribution in [3.05, 3.63) is 11.9 Å². The van der Waals surface area contributed by atoms with Crippen molar-refractivity contribution in [2.75, 3.05) is 32.1 Å². The van der Waals surface area contributed by atoms with Crippen LogP contribution in [0.3, 0.4) is 0 Å². The highest BCUT2D eigenvalue weighted by Gasteiger charge is 2.25. The molecule has 1 N–H and O–H groups in total. The van der Waals surface area contributed by atoms with Crippen LogP contribution in [0.2, 0.25) is 0 Å². The maximum atomic E-state index is 5.83. The molecular formula is C14H24N4O. The van der Waals surface area contributed by atoms with Crippen LogP contribution in [0.1, 0.15) is 32.3 Å². The summed E-state index contributed by atoms with van der Waals surface area (Å²) in [5, 5.41) is 3.25. The Balaban J connectivity index is 1.92. The van der Waals surface area contributed by atoms with Crippen LogP contribution in [0.4, 0.5) is 5.82 Å². The fourth-order valence-corrected chi connectivity index (χ4v) is 2.14. The molecule has 0 saturated heterocycles. The number of nitrogens with one attached hydrogen (secondary N) is 1. The molecule has 1 heterocycles. The molecule has 0 spiro atoms. The quantitative estimate of drug-likeness (QED) is 0.777. The maximum absolute atomic E-state index is 5.83. The van der Waals surface area contributed by atoms with Crippen molar-refractivity contribution in [1.82, 2.24) is 14.9 Å². The minimum atomic E-state index is 0.683. The highest BCUT2D eigenvalue weighted by molar-refractivity contribution is 5.48. The Bertz CT molecular complexity index is 406. The first-order valence-corrected chi connectivity index (χ1v) is 7.17. The topological polar surface area (TPSA) is 50.3 Å². The van der Waals surface area contributed by atoms with Crippen molar-refractivity contribution >= 4 is 5.82 Å². The highest BCUT2D eigenvalue weighted by atomic mass is 16.5. The van der Waals surface area contributed by atoms with Gasteiger partial charge in [0.15, 0.2) is 0 Å². The number of hydrogen-bond acceptors (Lipinski definition) is 5. The van der Waals surface area contributed by atoms with Crippen LogP contribution in [0, 0.1) is 0 Å². The van der Waals surface area contributed by atoms with Crippen LogP contribution in [0.5, 0.6) is 5.88 Å². The van der Waals surface area contributed by atoms with E-state index >= 15 is 0 Å². The van der Waals surface area contributed by atoms with Gasteiger partial charge in [-0.1, -0.05) is 6.92 Å². The number of anilines is 1. The van der Waals surface area contributed by atoms with E-state index in [4.69, 9.17) is 4.74 Å². The van der Waals surface area contributed by atoms with E-state index in [1.165, 1.54) is 12.8 Å². The van der Waals surface area contributed by atoms with Crippen LogP contribution in [-0.2, 0) is 6.42 Å². The van der Waals surface area contributed by atoms with E-state index in [-0.39, 0.29) is 0 Å². The number of hydrogen-bond donors (Lipinski definition) is 1. The average Bonchev–Trinajstić information content (AvgIpc) is 3.23. The predicted molar refractivity (Wildman–Crippen MR) is 76.7 cm³/mol. The molecule has 0 aliphatic heterocycles. The summed E-state index contributed by atoms with van der Waals surface area (Å²) in [5.41, 5.74) is 1.07. The molecule has 1 saturated carbocycles. The average molecular weight is 264 g/mol. The van der Waals surface area contributed by atoms with Gasteiger partial charge in [0.2, 0.25) is 5.88 Å². The first kappa shape index (κ1) is 14.1. The van der Waals surface area contributed by atoms with Crippen molar-refractivity contribution in [3.63, 3.8) is 0 Å². The van der Waals surface area contributed by atoms with Gasteiger partial charge in [-0.15, -0.1) is 0 Å². The standard InChI is InChI=1S/C14H24N4O/c1-4-12-13(15-5-2)16-10-17-14(12)19-9-8-18(3)11-6-7-11/h10-11H,4-9H2,1-3H3,(H,15,16,17). The molecule has 0 bridgehead atoms. The molecule has 1 fully saturated rings. The Labute approximate surface area is 115 Å². The lowest BCUT2D eigenvalue weighted by molar-refractivity contribution is 0.225. The van der Waals surface area contributed by atoms with E-state index in [9.17, 15) is 0 Å². The van der Waals surface area contributed by atoms with Crippen molar-refractivity contribution in [1.29, 1.82) is 0 Å². The SMILES string of the molecule is CCNc1ncnc(OCCN(C)C2CC2)c1CC. The molecule has 1 aromatic heterocycles. The Morgan fingerprint density at radius 2 is 2.16 bits per heavy atom. The van der Waals surface area contributed by atoms with Gasteiger partial charge >= 0.3 is 0 Å². The molecule has 0 aromatic carbocycles. The molecule has 19 heavy (non-hydrogen) atoms. The highest BCUT2D eigenvalue weighted by Crippen LogP contribution is 2.25. The van der Waals surface area contributed by atoms with Gasteiger partial charge < -0.3 is 15.0 Å². The molecular weight excluding hydrogens is 240 g/mol. The normalized spacial score (nSPS) is 14.7. The molecule has 5 nitrogen and oxygen atoms in total. The fraction of sp³-hybridized carbons (Fsp3) is 0.714. The second-order valence-electron chi connectivity index (χ2n) is 4.95. The van der Waals surface area contributed by atoms with Gasteiger partial charge in [-0.25, -0.2) is 9.97 Å². The molecule has 2 rings (SSSR count). The summed E-state index contributed by atoms with van der Waals surface area (Å²) in [5.74, 6) is 1.61. The summed E-state index contributed by atoms with van der Waals surface area (Å²) in [7, 11) is 2.16. The van der Waals surface area contributed by atoms with E-state index in [0.29, 0.717) is 6.61 Å². The summed E-state index contributed by atoms with van der Waals surface area (Å²) < 4.78 is 5.83. The molecule has 0 unspecified atom stereocenters. The summed E-state index contributed by atoms with van der Waals surface area (Å²) in [6.07, 6.45) is 5.09. The molecule has 1 aliphatic carbocycles. The van der Waals surface area contributed by atoms with Gasteiger partial charge in [0.25, 0.3) is 0 Å². The van der Waals surface area contributed by atoms with Gasteiger partial charge in [0.1, 0.15) is 18.8 Å². The van der Waals surface area contributed by atoms with Gasteiger partial charge in [0.05, 0.1) is 5.56 Å². The van der Waals surface area contributed by atoms with Crippen molar-refractivity contribution in [2.24, 2.45) is 0 Å². The lowest BCUT2D eigenvalue weighted by Gasteiger charge is -2.17. The Morgan fingerprint density at radius 3 is 2.79 bits per heavy atom. The van der Waals surface area contributed by atoms with E-state index in [1.54, 1.807) is 6.33 Å². The van der Waals surface area contributed by atoms with Gasteiger partial charge in [-0.2, -0.15) is 0 Å². The summed E-state index contributed by atoms with van der Waals surface area (Å²) in [6, 6.07) is 0.775. The van der Waals surface area contributed by atoms with Gasteiger partial charge in [-0.3, -0.25) is 0 Å². The van der Waals surface area contributed by atoms with E-state index < -0.39 is 0 Å². The molecule has 106 valence electrons. The van der Waals surface area contributed by atoms with E-state index in [1.807, 2.05) is 0 Å². The van der Waals surface area contributed by atoms with Crippen LogP contribution in [0.25, 0.3) is 0 Å². The predicted octanol–water partition coefficient (Wildman–Crippen LogP) is 1.94. The zero-order valence-electron chi connectivity index (χ0n) is 12.1. The number of nitrogens with zero attached hydrogens (tertiary/aromatic N) is 3. The second kappa shape index (κ2) is 6.70. The lowest BCUT2D eigenvalue weighted by Crippen LogP contribution is -2.26. The number of aromatic nitrogens is 2. The van der Waals surface area contributed by atoms with Crippen LogP contribution in [0.15, 0.2) is 6.33 Å². The minimum Gasteiger partial charge on any atom is -0.476 e. The first-order chi connectivity index (χ1) is 9.26. The van der Waals surface area contributed by atoms with Crippen LogP contribution < -0.4 is 10.1 Å².